The van der Waals surface area contributed by atoms with Crippen molar-refractivity contribution in [3.8, 4) is 5.75 Å². The van der Waals surface area contributed by atoms with Crippen molar-refractivity contribution in [1.29, 1.82) is 0 Å². The zero-order valence-electron chi connectivity index (χ0n) is 19.6. The lowest BCUT2D eigenvalue weighted by Gasteiger charge is -2.26. The van der Waals surface area contributed by atoms with Crippen molar-refractivity contribution in [2.24, 2.45) is 0 Å². The molecular weight excluding hydrogens is 478 g/mol. The summed E-state index contributed by atoms with van der Waals surface area (Å²) in [6, 6.07) is 19.6. The molecule has 2 heterocycles. The first-order valence-corrected chi connectivity index (χ1v) is 11.6. The van der Waals surface area contributed by atoms with E-state index >= 15 is 0 Å². The average Bonchev–Trinajstić information content (AvgIpc) is 3.20. The van der Waals surface area contributed by atoms with Gasteiger partial charge >= 0.3 is 6.03 Å². The number of aromatic nitrogens is 1. The molecular formula is C28H22ClN3O4. The molecule has 5 rings (SSSR count). The minimum Gasteiger partial charge on any atom is -0.495 e. The van der Waals surface area contributed by atoms with Crippen molar-refractivity contribution < 1.29 is 19.1 Å². The first-order valence-electron chi connectivity index (χ1n) is 11.2. The molecule has 0 spiro atoms. The second-order valence-electron chi connectivity index (χ2n) is 8.43. The van der Waals surface area contributed by atoms with Crippen LogP contribution in [0.25, 0.3) is 17.0 Å². The zero-order chi connectivity index (χ0) is 25.4. The minimum atomic E-state index is -0.842. The van der Waals surface area contributed by atoms with E-state index in [0.29, 0.717) is 17.9 Å². The predicted molar refractivity (Wildman–Crippen MR) is 139 cm³/mol. The smallest absolute Gasteiger partial charge is 0.335 e. The molecule has 1 aromatic heterocycles. The lowest BCUT2D eigenvalue weighted by molar-refractivity contribution is -0.122. The number of carbonyl (C=O) groups is 3. The van der Waals surface area contributed by atoms with Crippen molar-refractivity contribution in [3.63, 3.8) is 0 Å². The van der Waals surface area contributed by atoms with E-state index in [1.807, 2.05) is 42.6 Å². The maximum atomic E-state index is 13.4. The zero-order valence-corrected chi connectivity index (χ0v) is 20.4. The average molecular weight is 500 g/mol. The molecule has 0 radical (unpaired) electrons. The lowest BCUT2D eigenvalue weighted by Crippen LogP contribution is -2.54. The van der Waals surface area contributed by atoms with Gasteiger partial charge < -0.3 is 9.30 Å². The molecule has 1 aliphatic rings. The van der Waals surface area contributed by atoms with Crippen LogP contribution in [0.3, 0.4) is 0 Å². The maximum absolute atomic E-state index is 13.4. The molecule has 1 fully saturated rings. The Balaban J connectivity index is 1.56. The predicted octanol–water partition coefficient (Wildman–Crippen LogP) is 5.33. The number of barbiturate groups is 1. The van der Waals surface area contributed by atoms with Gasteiger partial charge in [0, 0.05) is 29.2 Å². The van der Waals surface area contributed by atoms with Crippen LogP contribution >= 0.6 is 11.6 Å². The van der Waals surface area contributed by atoms with Crippen LogP contribution in [0.15, 0.2) is 78.5 Å². The number of ether oxygens (including phenoxy) is 1. The highest BCUT2D eigenvalue weighted by Crippen LogP contribution is 2.32. The Kier molecular flexibility index (Phi) is 6.08. The van der Waals surface area contributed by atoms with Crippen LogP contribution in [0.2, 0.25) is 5.02 Å². The molecule has 1 aliphatic heterocycles. The fourth-order valence-electron chi connectivity index (χ4n) is 4.33. The number of amides is 4. The van der Waals surface area contributed by atoms with Crippen molar-refractivity contribution >= 4 is 52.1 Å². The largest absolute Gasteiger partial charge is 0.495 e. The van der Waals surface area contributed by atoms with Gasteiger partial charge in [-0.05, 0) is 48.4 Å². The van der Waals surface area contributed by atoms with Crippen LogP contribution in [0.4, 0.5) is 10.5 Å². The Labute approximate surface area is 212 Å². The Morgan fingerprint density at radius 3 is 2.50 bits per heavy atom. The Morgan fingerprint density at radius 1 is 1.00 bits per heavy atom. The summed E-state index contributed by atoms with van der Waals surface area (Å²) in [6.07, 6.45) is 3.44. The third-order valence-corrected chi connectivity index (χ3v) is 6.51. The minimum absolute atomic E-state index is 0.152. The van der Waals surface area contributed by atoms with Gasteiger partial charge in [-0.1, -0.05) is 54.1 Å². The highest BCUT2D eigenvalue weighted by atomic mass is 35.5. The first kappa shape index (κ1) is 23.4. The van der Waals surface area contributed by atoms with Gasteiger partial charge in [-0.3, -0.25) is 14.9 Å². The van der Waals surface area contributed by atoms with E-state index in [9.17, 15) is 14.4 Å². The Bertz CT molecular complexity index is 1570. The van der Waals surface area contributed by atoms with E-state index in [1.165, 1.54) is 30.9 Å². The molecule has 4 aromatic rings. The van der Waals surface area contributed by atoms with Crippen LogP contribution in [-0.4, -0.2) is 29.5 Å². The van der Waals surface area contributed by atoms with Crippen molar-refractivity contribution in [3.05, 3.63) is 100 Å². The summed E-state index contributed by atoms with van der Waals surface area (Å²) in [7, 11) is 1.47. The molecule has 1 saturated heterocycles. The molecule has 0 aliphatic carbocycles. The van der Waals surface area contributed by atoms with Gasteiger partial charge in [-0.15, -0.1) is 0 Å². The molecule has 4 amide bonds. The van der Waals surface area contributed by atoms with Crippen LogP contribution < -0.4 is 15.0 Å². The summed E-state index contributed by atoms with van der Waals surface area (Å²) in [5, 5.41) is 3.37. The molecule has 0 unspecified atom stereocenters. The van der Waals surface area contributed by atoms with Gasteiger partial charge in [0.25, 0.3) is 11.8 Å². The molecule has 0 atom stereocenters. The van der Waals surface area contributed by atoms with Crippen molar-refractivity contribution in [2.45, 2.75) is 13.5 Å². The van der Waals surface area contributed by atoms with Gasteiger partial charge in [0.05, 0.1) is 17.8 Å². The summed E-state index contributed by atoms with van der Waals surface area (Å²) in [5.74, 6) is -1.09. The van der Waals surface area contributed by atoms with Crippen molar-refractivity contribution in [1.82, 2.24) is 9.88 Å². The van der Waals surface area contributed by atoms with Gasteiger partial charge in [-0.2, -0.15) is 0 Å². The number of hydrogen-bond donors (Lipinski definition) is 1. The van der Waals surface area contributed by atoms with E-state index in [2.05, 4.69) is 28.9 Å². The molecule has 7 nitrogen and oxygen atoms in total. The summed E-state index contributed by atoms with van der Waals surface area (Å²) in [5.41, 5.74) is 4.07. The molecule has 3 aromatic carbocycles. The van der Waals surface area contributed by atoms with Crippen LogP contribution in [-0.2, 0) is 16.1 Å². The quantitative estimate of drug-likeness (QED) is 0.297. The Morgan fingerprint density at radius 2 is 1.75 bits per heavy atom. The molecule has 0 bridgehead atoms. The number of nitrogens with zero attached hydrogens (tertiary/aromatic N) is 2. The van der Waals surface area contributed by atoms with Crippen LogP contribution in [0, 0.1) is 6.92 Å². The van der Waals surface area contributed by atoms with Gasteiger partial charge in [0.15, 0.2) is 0 Å². The Hall–Kier alpha value is -4.36. The SMILES string of the molecule is COc1ccc(N2C(=O)NC(=O)C(=Cc3cn(Cc4ccccc4C)c4ccccc34)C2=O)cc1Cl. The van der Waals surface area contributed by atoms with E-state index in [1.54, 1.807) is 6.07 Å². The monoisotopic (exact) mass is 499 g/mol. The molecule has 1 N–H and O–H groups in total. The number of rotatable bonds is 5. The molecule has 8 heteroatoms. The number of para-hydroxylation sites is 1. The number of anilines is 1. The van der Waals surface area contributed by atoms with Crippen LogP contribution in [0.1, 0.15) is 16.7 Å². The first-order chi connectivity index (χ1) is 17.4. The normalized spacial score (nSPS) is 15.0. The van der Waals surface area contributed by atoms with Gasteiger partial charge in [0.2, 0.25) is 0 Å². The highest BCUT2D eigenvalue weighted by Gasteiger charge is 2.37. The second kappa shape index (κ2) is 9.36. The van der Waals surface area contributed by atoms with Crippen molar-refractivity contribution in [2.75, 3.05) is 12.0 Å². The van der Waals surface area contributed by atoms with Gasteiger partial charge in [-0.25, -0.2) is 9.69 Å². The van der Waals surface area contributed by atoms with E-state index in [-0.39, 0.29) is 16.3 Å². The highest BCUT2D eigenvalue weighted by molar-refractivity contribution is 6.40. The number of aryl methyl sites for hydroxylation is 1. The van der Waals surface area contributed by atoms with Gasteiger partial charge in [0.1, 0.15) is 11.3 Å². The fraction of sp³-hybridized carbons (Fsp3) is 0.107. The standard InChI is InChI=1S/C28H22ClN3O4/c1-17-7-3-4-8-18(17)15-31-16-19(21-9-5-6-10-24(21)31)13-22-26(33)30-28(35)32(27(22)34)20-11-12-25(36-2)23(29)14-20/h3-14,16H,15H2,1-2H3,(H,30,33,35). The third-order valence-electron chi connectivity index (χ3n) is 6.22. The number of benzene rings is 3. The van der Waals surface area contributed by atoms with E-state index in [0.717, 1.165) is 21.4 Å². The maximum Gasteiger partial charge on any atom is 0.335 e. The topological polar surface area (TPSA) is 80.6 Å². The van der Waals surface area contributed by atoms with Crippen LogP contribution in [0.5, 0.6) is 5.75 Å². The summed E-state index contributed by atoms with van der Waals surface area (Å²) < 4.78 is 7.23. The number of fused-ring (bicyclic) bond motifs is 1. The molecule has 0 saturated carbocycles. The summed E-state index contributed by atoms with van der Waals surface area (Å²) in [4.78, 5) is 39.6. The number of nitrogens with one attached hydrogen (secondary N) is 1. The number of halogens is 1. The molecule has 180 valence electrons. The fourth-order valence-corrected chi connectivity index (χ4v) is 4.59. The number of imide groups is 2. The number of carbonyl (C=O) groups excluding carboxylic acids is 3. The summed E-state index contributed by atoms with van der Waals surface area (Å²) >= 11 is 6.21. The number of methoxy groups -OCH3 is 1. The van der Waals surface area contributed by atoms with E-state index in [4.69, 9.17) is 16.3 Å². The number of urea groups is 1. The number of hydrogen-bond acceptors (Lipinski definition) is 4. The molecule has 36 heavy (non-hydrogen) atoms. The third kappa shape index (κ3) is 4.14. The summed E-state index contributed by atoms with van der Waals surface area (Å²) in [6.45, 7) is 2.69. The second-order valence-corrected chi connectivity index (χ2v) is 8.84. The van der Waals surface area contributed by atoms with E-state index < -0.39 is 17.8 Å². The lowest BCUT2D eigenvalue weighted by atomic mass is 10.1.